The highest BCUT2D eigenvalue weighted by molar-refractivity contribution is 4.88. The molecule has 0 aliphatic carbocycles. The van der Waals surface area contributed by atoms with E-state index >= 15 is 0 Å². The molecule has 0 saturated carbocycles. The molecule has 0 aliphatic rings. The molecule has 0 heterocycles. The fraction of sp³-hybridized carbons (Fsp3) is 0.714. The Morgan fingerprint density at radius 3 is 2.33 bits per heavy atom. The van der Waals surface area contributed by atoms with E-state index < -0.39 is 12.2 Å². The molecule has 0 radical (unpaired) electrons. The van der Waals surface area contributed by atoms with Gasteiger partial charge in [-0.1, -0.05) is 6.92 Å². The van der Waals surface area contributed by atoms with Crippen LogP contribution in [0.3, 0.4) is 0 Å². The number of terminal acetylenes is 1. The summed E-state index contributed by atoms with van der Waals surface area (Å²) in [6, 6.07) is 0. The summed E-state index contributed by atoms with van der Waals surface area (Å²) >= 11 is 0. The first-order valence-electron chi connectivity index (χ1n) is 3.02. The van der Waals surface area contributed by atoms with Crippen LogP contribution in [-0.2, 0) is 0 Å². The lowest BCUT2D eigenvalue weighted by Crippen LogP contribution is -2.24. The molecule has 0 saturated heterocycles. The van der Waals surface area contributed by atoms with Crippen molar-refractivity contribution in [3.05, 3.63) is 0 Å². The van der Waals surface area contributed by atoms with E-state index in [4.69, 9.17) is 16.6 Å². The number of rotatable bonds is 3. The van der Waals surface area contributed by atoms with Crippen LogP contribution in [0.1, 0.15) is 19.8 Å². The van der Waals surface area contributed by atoms with Crippen LogP contribution in [0.15, 0.2) is 0 Å². The topological polar surface area (TPSA) is 40.5 Å². The lowest BCUT2D eigenvalue weighted by atomic mass is 10.1. The standard InChI is InChI=1S/C7H12O2/c1-3-5-7(9)6(8)4-2/h1,6-9H,4-5H2,2H3/t6-,7-/m0/s1. The van der Waals surface area contributed by atoms with E-state index in [0.29, 0.717) is 6.42 Å². The first-order chi connectivity index (χ1) is 4.22. The van der Waals surface area contributed by atoms with Crippen LogP contribution < -0.4 is 0 Å². The maximum Gasteiger partial charge on any atom is 0.0907 e. The lowest BCUT2D eigenvalue weighted by Gasteiger charge is -2.12. The van der Waals surface area contributed by atoms with Crippen LogP contribution in [0.5, 0.6) is 0 Å². The van der Waals surface area contributed by atoms with Gasteiger partial charge in [-0.2, -0.15) is 0 Å². The van der Waals surface area contributed by atoms with Crippen molar-refractivity contribution in [3.63, 3.8) is 0 Å². The van der Waals surface area contributed by atoms with Gasteiger partial charge >= 0.3 is 0 Å². The van der Waals surface area contributed by atoms with Gasteiger partial charge in [-0.05, 0) is 6.42 Å². The normalized spacial score (nSPS) is 16.2. The summed E-state index contributed by atoms with van der Waals surface area (Å²) in [5.74, 6) is 2.27. The van der Waals surface area contributed by atoms with Crippen molar-refractivity contribution in [1.29, 1.82) is 0 Å². The molecular weight excluding hydrogens is 116 g/mol. The van der Waals surface area contributed by atoms with Crippen LogP contribution >= 0.6 is 0 Å². The zero-order chi connectivity index (χ0) is 7.28. The molecule has 2 nitrogen and oxygen atoms in total. The van der Waals surface area contributed by atoms with Gasteiger partial charge in [0.05, 0.1) is 12.2 Å². The van der Waals surface area contributed by atoms with Crippen LogP contribution in [0.25, 0.3) is 0 Å². The van der Waals surface area contributed by atoms with Gasteiger partial charge in [0.25, 0.3) is 0 Å². The summed E-state index contributed by atoms with van der Waals surface area (Å²) in [7, 11) is 0. The highest BCUT2D eigenvalue weighted by atomic mass is 16.3. The van der Waals surface area contributed by atoms with Crippen molar-refractivity contribution in [2.45, 2.75) is 32.0 Å². The fourth-order valence-electron chi connectivity index (χ4n) is 0.529. The molecule has 52 valence electrons. The summed E-state index contributed by atoms with van der Waals surface area (Å²) in [6.45, 7) is 1.80. The van der Waals surface area contributed by atoms with Gasteiger partial charge in [0, 0.05) is 6.42 Å². The zero-order valence-corrected chi connectivity index (χ0v) is 5.54. The van der Waals surface area contributed by atoms with Gasteiger partial charge in [0.1, 0.15) is 0 Å². The summed E-state index contributed by atoms with van der Waals surface area (Å²) in [4.78, 5) is 0. The highest BCUT2D eigenvalue weighted by Crippen LogP contribution is 2.00. The first kappa shape index (κ1) is 8.48. The van der Waals surface area contributed by atoms with E-state index in [2.05, 4.69) is 5.92 Å². The monoisotopic (exact) mass is 128 g/mol. The number of aliphatic hydroxyl groups excluding tert-OH is 2. The summed E-state index contributed by atoms with van der Waals surface area (Å²) in [6.07, 6.45) is 4.26. The lowest BCUT2D eigenvalue weighted by molar-refractivity contribution is 0.0210. The van der Waals surface area contributed by atoms with Gasteiger partial charge in [-0.25, -0.2) is 0 Å². The smallest absolute Gasteiger partial charge is 0.0907 e. The molecule has 9 heavy (non-hydrogen) atoms. The third kappa shape index (κ3) is 3.12. The predicted molar refractivity (Wildman–Crippen MR) is 35.8 cm³/mol. The van der Waals surface area contributed by atoms with Crippen LogP contribution in [0.2, 0.25) is 0 Å². The minimum atomic E-state index is -0.750. The number of hydrogen-bond donors (Lipinski definition) is 2. The van der Waals surface area contributed by atoms with Crippen molar-refractivity contribution in [3.8, 4) is 12.3 Å². The average Bonchev–Trinajstić information content (AvgIpc) is 1.87. The second kappa shape index (κ2) is 4.37. The molecule has 0 unspecified atom stereocenters. The fourth-order valence-corrected chi connectivity index (χ4v) is 0.529. The van der Waals surface area contributed by atoms with Gasteiger partial charge in [0.15, 0.2) is 0 Å². The molecule has 0 bridgehead atoms. The molecule has 0 aromatic rings. The molecule has 2 N–H and O–H groups in total. The molecular formula is C7H12O2. The van der Waals surface area contributed by atoms with Crippen LogP contribution in [0.4, 0.5) is 0 Å². The molecule has 0 aromatic carbocycles. The molecule has 0 amide bonds. The van der Waals surface area contributed by atoms with E-state index in [1.165, 1.54) is 0 Å². The van der Waals surface area contributed by atoms with Crippen molar-refractivity contribution in [2.24, 2.45) is 0 Å². The van der Waals surface area contributed by atoms with Gasteiger partial charge in [0.2, 0.25) is 0 Å². The van der Waals surface area contributed by atoms with Crippen molar-refractivity contribution in [2.75, 3.05) is 0 Å². The number of aliphatic hydroxyl groups is 2. The van der Waals surface area contributed by atoms with E-state index in [0.717, 1.165) is 0 Å². The van der Waals surface area contributed by atoms with Gasteiger partial charge in [-0.3, -0.25) is 0 Å². The van der Waals surface area contributed by atoms with E-state index in [1.807, 2.05) is 0 Å². The molecule has 2 atom stereocenters. The molecule has 0 fully saturated rings. The Morgan fingerprint density at radius 2 is 2.00 bits per heavy atom. The highest BCUT2D eigenvalue weighted by Gasteiger charge is 2.11. The Morgan fingerprint density at radius 1 is 1.44 bits per heavy atom. The minimum Gasteiger partial charge on any atom is -0.390 e. The Kier molecular flexibility index (Phi) is 4.12. The molecule has 0 aromatic heterocycles. The van der Waals surface area contributed by atoms with Crippen molar-refractivity contribution in [1.82, 2.24) is 0 Å². The van der Waals surface area contributed by atoms with Crippen LogP contribution in [-0.4, -0.2) is 22.4 Å². The van der Waals surface area contributed by atoms with E-state index in [1.54, 1.807) is 6.92 Å². The molecule has 0 aliphatic heterocycles. The Hall–Kier alpha value is -0.520. The maximum absolute atomic E-state index is 8.93. The van der Waals surface area contributed by atoms with E-state index in [-0.39, 0.29) is 6.42 Å². The largest absolute Gasteiger partial charge is 0.390 e. The molecule has 0 spiro atoms. The van der Waals surface area contributed by atoms with Gasteiger partial charge < -0.3 is 10.2 Å². The van der Waals surface area contributed by atoms with Gasteiger partial charge in [-0.15, -0.1) is 12.3 Å². The zero-order valence-electron chi connectivity index (χ0n) is 5.54. The Bertz CT molecular complexity index is 104. The first-order valence-corrected chi connectivity index (χ1v) is 3.02. The quantitative estimate of drug-likeness (QED) is 0.531. The summed E-state index contributed by atoms with van der Waals surface area (Å²) < 4.78 is 0. The number of hydrogen-bond acceptors (Lipinski definition) is 2. The second-order valence-electron chi connectivity index (χ2n) is 1.95. The Balaban J connectivity index is 3.48. The maximum atomic E-state index is 8.93. The summed E-state index contributed by atoms with van der Waals surface area (Å²) in [5.41, 5.74) is 0. The van der Waals surface area contributed by atoms with Crippen molar-refractivity contribution >= 4 is 0 Å². The molecule has 0 rings (SSSR count). The summed E-state index contributed by atoms with van der Waals surface area (Å²) in [5, 5.41) is 17.8. The third-order valence-electron chi connectivity index (χ3n) is 1.19. The predicted octanol–water partition coefficient (Wildman–Crippen LogP) is 0.141. The van der Waals surface area contributed by atoms with Crippen molar-refractivity contribution < 1.29 is 10.2 Å². The second-order valence-corrected chi connectivity index (χ2v) is 1.95. The van der Waals surface area contributed by atoms with Crippen LogP contribution in [0, 0.1) is 12.3 Å². The van der Waals surface area contributed by atoms with E-state index in [9.17, 15) is 0 Å². The Labute approximate surface area is 55.5 Å². The average molecular weight is 128 g/mol. The molecule has 2 heteroatoms. The minimum absolute atomic E-state index is 0.231. The SMILES string of the molecule is C#CC[C@H](O)[C@@H](O)CC. The third-order valence-corrected chi connectivity index (χ3v) is 1.19.